The second-order valence-electron chi connectivity index (χ2n) is 2.08. The predicted molar refractivity (Wildman–Crippen MR) is 45.2 cm³/mol. The molecule has 0 unspecified atom stereocenters. The molecule has 1 aromatic rings. The molecule has 64 valence electrons. The maximum Gasteiger partial charge on any atom is 0.252 e. The van der Waals surface area contributed by atoms with Crippen molar-refractivity contribution in [2.45, 2.75) is 4.90 Å². The molecule has 0 saturated heterocycles. The van der Waals surface area contributed by atoms with Gasteiger partial charge >= 0.3 is 0 Å². The fraction of sp³-hybridized carbons (Fsp3) is 0. The Balaban J connectivity index is 3.09. The maximum atomic E-state index is 10.5. The topological polar surface area (TPSA) is 51.2 Å². The highest BCUT2D eigenvalue weighted by Crippen LogP contribution is 2.07. The summed E-state index contributed by atoms with van der Waals surface area (Å²) in [7, 11) is -2.58. The fourth-order valence-electron chi connectivity index (χ4n) is 0.714. The van der Waals surface area contributed by atoms with Crippen molar-refractivity contribution in [3.05, 3.63) is 29.8 Å². The van der Waals surface area contributed by atoms with Gasteiger partial charge in [0.15, 0.2) is 10.7 Å². The number of carbonyl (C=O) groups excluding carboxylic acids is 1. The van der Waals surface area contributed by atoms with Gasteiger partial charge in [-0.2, -0.15) is 0 Å². The van der Waals surface area contributed by atoms with Crippen molar-refractivity contribution < 1.29 is 13.2 Å². The number of carbonyl (C=O) groups is 1. The second-order valence-corrected chi connectivity index (χ2v) is 3.45. The van der Waals surface area contributed by atoms with Gasteiger partial charge in [0.25, 0.3) is 5.24 Å². The molecule has 0 radical (unpaired) electrons. The van der Waals surface area contributed by atoms with Crippen LogP contribution in [-0.2, 0) is 10.7 Å². The molecular formula is C7H5ClO3S. The van der Waals surface area contributed by atoms with Gasteiger partial charge in [-0.3, -0.25) is 4.79 Å². The molecule has 0 saturated carbocycles. The average Bonchev–Trinajstić information content (AvgIpc) is 2.04. The van der Waals surface area contributed by atoms with E-state index >= 15 is 0 Å². The molecule has 0 bridgehead atoms. The van der Waals surface area contributed by atoms with Gasteiger partial charge < -0.3 is 0 Å². The molecule has 0 aromatic heterocycles. The summed E-state index contributed by atoms with van der Waals surface area (Å²) >= 11 is 5.15. The van der Waals surface area contributed by atoms with E-state index in [1.165, 1.54) is 24.3 Å². The molecular weight excluding hydrogens is 200 g/mol. The lowest BCUT2D eigenvalue weighted by molar-refractivity contribution is 0.108. The Morgan fingerprint density at radius 2 is 1.67 bits per heavy atom. The molecule has 0 fully saturated rings. The number of halogens is 1. The van der Waals surface area contributed by atoms with Crippen molar-refractivity contribution in [3.63, 3.8) is 0 Å². The molecule has 0 N–H and O–H groups in total. The van der Waals surface area contributed by atoms with Gasteiger partial charge in [-0.1, -0.05) is 0 Å². The maximum absolute atomic E-state index is 10.5. The molecule has 12 heavy (non-hydrogen) atoms. The van der Waals surface area contributed by atoms with Crippen LogP contribution >= 0.6 is 11.6 Å². The van der Waals surface area contributed by atoms with E-state index in [0.717, 1.165) is 0 Å². The molecule has 0 heterocycles. The second kappa shape index (κ2) is 3.69. The highest BCUT2D eigenvalue weighted by Gasteiger charge is 2.00. The Morgan fingerprint density at radius 1 is 1.17 bits per heavy atom. The zero-order chi connectivity index (χ0) is 9.14. The molecule has 5 heteroatoms. The van der Waals surface area contributed by atoms with Crippen molar-refractivity contribution in [2.75, 3.05) is 0 Å². The summed E-state index contributed by atoms with van der Waals surface area (Å²) < 4.78 is 20.8. The molecule has 0 spiro atoms. The first-order valence-corrected chi connectivity index (χ1v) is 4.61. The molecule has 1 rings (SSSR count). The van der Waals surface area contributed by atoms with E-state index < -0.39 is 15.9 Å². The van der Waals surface area contributed by atoms with E-state index in [2.05, 4.69) is 0 Å². The largest absolute Gasteiger partial charge is 0.276 e. The third kappa shape index (κ3) is 2.06. The van der Waals surface area contributed by atoms with Gasteiger partial charge in [0.1, 0.15) is 0 Å². The number of thiol groups is 1. The minimum Gasteiger partial charge on any atom is -0.276 e. The van der Waals surface area contributed by atoms with Crippen molar-refractivity contribution in [1.82, 2.24) is 0 Å². The molecule has 0 atom stereocenters. The van der Waals surface area contributed by atoms with Crippen molar-refractivity contribution in [2.24, 2.45) is 0 Å². The van der Waals surface area contributed by atoms with Crippen LogP contribution in [0, 0.1) is 0 Å². The lowest BCUT2D eigenvalue weighted by Crippen LogP contribution is -1.88. The summed E-state index contributed by atoms with van der Waals surface area (Å²) in [6, 6.07) is 5.41. The molecule has 3 nitrogen and oxygen atoms in total. The van der Waals surface area contributed by atoms with Gasteiger partial charge in [0.2, 0.25) is 0 Å². The third-order valence-electron chi connectivity index (χ3n) is 1.31. The molecule has 1 aromatic carbocycles. The number of hydrogen-bond donors (Lipinski definition) is 1. The van der Waals surface area contributed by atoms with Crippen LogP contribution in [-0.4, -0.2) is 13.7 Å². The quantitative estimate of drug-likeness (QED) is 0.579. The Kier molecular flexibility index (Phi) is 2.83. The zero-order valence-electron chi connectivity index (χ0n) is 5.86. The van der Waals surface area contributed by atoms with E-state index in [9.17, 15) is 13.2 Å². The van der Waals surface area contributed by atoms with Crippen molar-refractivity contribution in [1.29, 1.82) is 0 Å². The van der Waals surface area contributed by atoms with Crippen molar-refractivity contribution >= 4 is 27.5 Å². The van der Waals surface area contributed by atoms with Crippen LogP contribution < -0.4 is 0 Å². The number of benzene rings is 1. The van der Waals surface area contributed by atoms with Gasteiger partial charge in [-0.05, 0) is 35.9 Å². The minimum atomic E-state index is -2.58. The summed E-state index contributed by atoms with van der Waals surface area (Å²) in [6.45, 7) is 0. The molecule has 0 aliphatic heterocycles. The third-order valence-corrected chi connectivity index (χ3v) is 2.24. The lowest BCUT2D eigenvalue weighted by Gasteiger charge is -1.92. The smallest absolute Gasteiger partial charge is 0.252 e. The summed E-state index contributed by atoms with van der Waals surface area (Å²) in [6.07, 6.45) is 0. The minimum absolute atomic E-state index is 0.173. The Labute approximate surface area is 75.9 Å². The van der Waals surface area contributed by atoms with E-state index in [1.54, 1.807) is 0 Å². The highest BCUT2D eigenvalue weighted by atomic mass is 35.5. The van der Waals surface area contributed by atoms with Gasteiger partial charge in [0.05, 0.1) is 4.90 Å². The van der Waals surface area contributed by atoms with Gasteiger partial charge in [-0.25, -0.2) is 8.42 Å². The molecule has 0 aliphatic rings. The Hall–Kier alpha value is -0.870. The van der Waals surface area contributed by atoms with E-state index in [-0.39, 0.29) is 10.5 Å². The van der Waals surface area contributed by atoms with Crippen LogP contribution in [0.4, 0.5) is 0 Å². The van der Waals surface area contributed by atoms with Crippen LogP contribution in [0.1, 0.15) is 10.4 Å². The normalized spacial score (nSPS) is 10.2. The highest BCUT2D eigenvalue weighted by molar-refractivity contribution is 7.72. The Bertz CT molecular complexity index is 359. The van der Waals surface area contributed by atoms with E-state index in [4.69, 9.17) is 11.6 Å². The number of rotatable bonds is 2. The monoisotopic (exact) mass is 204 g/mol. The molecule has 0 aliphatic carbocycles. The first kappa shape index (κ1) is 9.22. The van der Waals surface area contributed by atoms with E-state index in [1.807, 2.05) is 0 Å². The van der Waals surface area contributed by atoms with Crippen LogP contribution in [0.3, 0.4) is 0 Å². The summed E-state index contributed by atoms with van der Waals surface area (Å²) in [5.41, 5.74) is 0.289. The lowest BCUT2D eigenvalue weighted by atomic mass is 10.2. The summed E-state index contributed by atoms with van der Waals surface area (Å²) in [5.74, 6) is 0. The zero-order valence-corrected chi connectivity index (χ0v) is 7.51. The molecule has 0 amide bonds. The first-order valence-electron chi connectivity index (χ1n) is 3.05. The first-order chi connectivity index (χ1) is 5.61. The summed E-state index contributed by atoms with van der Waals surface area (Å²) in [4.78, 5) is 10.7. The van der Waals surface area contributed by atoms with E-state index in [0.29, 0.717) is 0 Å². The van der Waals surface area contributed by atoms with Crippen LogP contribution in [0.5, 0.6) is 0 Å². The predicted octanol–water partition coefficient (Wildman–Crippen LogP) is 1.04. The van der Waals surface area contributed by atoms with Crippen molar-refractivity contribution in [3.8, 4) is 0 Å². The number of hydrogen-bond acceptors (Lipinski definition) is 3. The fourth-order valence-corrected chi connectivity index (χ4v) is 1.23. The average molecular weight is 205 g/mol. The van der Waals surface area contributed by atoms with Gasteiger partial charge in [-0.15, -0.1) is 0 Å². The SMILES string of the molecule is O=C(Cl)c1ccc([SH](=O)=O)cc1. The van der Waals surface area contributed by atoms with Crippen LogP contribution in [0.15, 0.2) is 29.2 Å². The standard InChI is InChI=1S/C7H5ClO3S/c8-7(9)5-1-3-6(4-2-5)12(10)11/h1-4,12H. The van der Waals surface area contributed by atoms with Crippen LogP contribution in [0.2, 0.25) is 0 Å². The van der Waals surface area contributed by atoms with Gasteiger partial charge in [0, 0.05) is 5.56 Å². The Morgan fingerprint density at radius 3 is 2.00 bits per heavy atom. The summed E-state index contributed by atoms with van der Waals surface area (Å²) in [5, 5.41) is -0.595. The van der Waals surface area contributed by atoms with Crippen LogP contribution in [0.25, 0.3) is 0 Å².